The number of esters is 1. The van der Waals surface area contributed by atoms with Crippen LogP contribution in [-0.2, 0) is 23.9 Å². The third-order valence-corrected chi connectivity index (χ3v) is 7.80. The minimum absolute atomic E-state index is 0.234. The van der Waals surface area contributed by atoms with Gasteiger partial charge in [-0.05, 0) is 64.2 Å². The zero-order valence-corrected chi connectivity index (χ0v) is 25.0. The Kier molecular flexibility index (Phi) is 9.03. The first-order valence-electron chi connectivity index (χ1n) is 14.0. The van der Waals surface area contributed by atoms with E-state index in [2.05, 4.69) is 16.1 Å². The second kappa shape index (κ2) is 12.2. The fourth-order valence-corrected chi connectivity index (χ4v) is 5.08. The average Bonchev–Trinajstić information content (AvgIpc) is 2.93. The van der Waals surface area contributed by atoms with Crippen LogP contribution in [0.2, 0.25) is 5.02 Å². The minimum atomic E-state index is -0.953. The quantitative estimate of drug-likeness (QED) is 0.437. The van der Waals surface area contributed by atoms with Gasteiger partial charge in [-0.1, -0.05) is 49.7 Å². The van der Waals surface area contributed by atoms with Gasteiger partial charge in [-0.25, -0.2) is 10.4 Å². The van der Waals surface area contributed by atoms with Crippen LogP contribution in [0.25, 0.3) is 17.0 Å². The van der Waals surface area contributed by atoms with E-state index in [1.54, 1.807) is 39.8 Å². The lowest BCUT2D eigenvalue weighted by molar-refractivity contribution is -0.157. The Balaban J connectivity index is 1.73. The standard InChI is InChI=1S/C30H38ClN5O5/c1-16(2)25-26(37)32-17(3)27(38)36-13-7-8-22(35-36)28(39)41-18(4)23-15-21(31)20-10-9-19(14-24(20)33-23)11-12-30(5,6)29(40)34-25/h9-12,14-18,22,25,35H,7-8,13H2,1-6H3,(H,32,37)(H,34,40)/b12-11+/t17-,18+,22-,25-/m0/s1. The van der Waals surface area contributed by atoms with Crippen LogP contribution in [0.5, 0.6) is 0 Å². The van der Waals surface area contributed by atoms with E-state index in [-0.39, 0.29) is 11.8 Å². The molecule has 41 heavy (non-hydrogen) atoms. The van der Waals surface area contributed by atoms with Gasteiger partial charge in [-0.15, -0.1) is 0 Å². The van der Waals surface area contributed by atoms with Crippen molar-refractivity contribution in [2.45, 2.75) is 78.6 Å². The van der Waals surface area contributed by atoms with Crippen LogP contribution in [0.3, 0.4) is 0 Å². The van der Waals surface area contributed by atoms with Gasteiger partial charge in [0.2, 0.25) is 11.8 Å². The Morgan fingerprint density at radius 1 is 1.10 bits per heavy atom. The second-order valence-corrected chi connectivity index (χ2v) is 12.1. The van der Waals surface area contributed by atoms with Gasteiger partial charge in [0.1, 0.15) is 24.2 Å². The van der Waals surface area contributed by atoms with Gasteiger partial charge in [0.25, 0.3) is 5.91 Å². The molecule has 4 rings (SSSR count). The van der Waals surface area contributed by atoms with Crippen molar-refractivity contribution in [2.75, 3.05) is 6.54 Å². The number of halogens is 1. The normalized spacial score (nSPS) is 26.9. The molecule has 1 saturated heterocycles. The summed E-state index contributed by atoms with van der Waals surface area (Å²) in [6, 6.07) is 4.76. The van der Waals surface area contributed by atoms with E-state index in [0.717, 1.165) is 10.9 Å². The Hall–Kier alpha value is -3.50. The number of nitrogens with one attached hydrogen (secondary N) is 3. The molecule has 2 aliphatic rings. The fraction of sp³-hybridized carbons (Fsp3) is 0.500. The number of nitrogens with zero attached hydrogens (tertiary/aromatic N) is 2. The number of hydrazine groups is 1. The predicted octanol–water partition coefficient (Wildman–Crippen LogP) is 3.69. The third-order valence-electron chi connectivity index (χ3n) is 7.49. The maximum Gasteiger partial charge on any atom is 0.325 e. The highest BCUT2D eigenvalue weighted by Crippen LogP contribution is 2.29. The predicted molar refractivity (Wildman–Crippen MR) is 156 cm³/mol. The van der Waals surface area contributed by atoms with Crippen LogP contribution in [0.1, 0.15) is 71.7 Å². The number of aromatic nitrogens is 1. The van der Waals surface area contributed by atoms with Crippen molar-refractivity contribution in [3.8, 4) is 0 Å². The molecule has 0 saturated carbocycles. The topological polar surface area (TPSA) is 130 Å². The smallest absolute Gasteiger partial charge is 0.325 e. The first-order valence-corrected chi connectivity index (χ1v) is 14.3. The number of pyridine rings is 1. The summed E-state index contributed by atoms with van der Waals surface area (Å²) in [4.78, 5) is 57.6. The molecule has 11 heteroatoms. The summed E-state index contributed by atoms with van der Waals surface area (Å²) in [5.41, 5.74) is 3.91. The maximum atomic E-state index is 13.3. The molecule has 5 bridgehead atoms. The number of carbonyl (C=O) groups excluding carboxylic acids is 4. The van der Waals surface area contributed by atoms with Gasteiger partial charge in [-0.3, -0.25) is 24.2 Å². The number of benzene rings is 1. The molecule has 10 nitrogen and oxygen atoms in total. The summed E-state index contributed by atoms with van der Waals surface area (Å²) in [7, 11) is 0. The highest BCUT2D eigenvalue weighted by molar-refractivity contribution is 6.35. The number of cyclic esters (lactones) is 1. The summed E-state index contributed by atoms with van der Waals surface area (Å²) in [5.74, 6) is -1.94. The molecule has 4 atom stereocenters. The summed E-state index contributed by atoms with van der Waals surface area (Å²) < 4.78 is 5.74. The van der Waals surface area contributed by atoms with Crippen molar-refractivity contribution in [3.63, 3.8) is 0 Å². The molecule has 220 valence electrons. The molecule has 3 amide bonds. The Labute approximate surface area is 245 Å². The van der Waals surface area contributed by atoms with E-state index in [1.807, 2.05) is 38.1 Å². The molecule has 3 N–H and O–H groups in total. The molecule has 2 aliphatic heterocycles. The van der Waals surface area contributed by atoms with Crippen LogP contribution in [0, 0.1) is 11.3 Å². The number of hydrogen-bond acceptors (Lipinski definition) is 7. The Bertz CT molecular complexity index is 1390. The summed E-state index contributed by atoms with van der Waals surface area (Å²) in [5, 5.41) is 8.15. The van der Waals surface area contributed by atoms with Crippen LogP contribution in [-0.4, -0.2) is 58.4 Å². The average molecular weight is 584 g/mol. The van der Waals surface area contributed by atoms with Crippen molar-refractivity contribution in [3.05, 3.63) is 46.6 Å². The SMILES string of the molecule is CC(C)[C@@H]1NC(=O)C(C)(C)/C=C/c2ccc3c(Cl)cc(nc3c2)[C@@H](C)OC(=O)[C@@H]2CCCN(N2)C(=O)[C@H](C)NC1=O. The van der Waals surface area contributed by atoms with Gasteiger partial charge >= 0.3 is 5.97 Å². The highest BCUT2D eigenvalue weighted by Gasteiger charge is 2.35. The summed E-state index contributed by atoms with van der Waals surface area (Å²) >= 11 is 6.57. The van der Waals surface area contributed by atoms with E-state index < -0.39 is 47.4 Å². The summed E-state index contributed by atoms with van der Waals surface area (Å²) in [6.07, 6.45) is 3.94. The van der Waals surface area contributed by atoms with E-state index in [1.165, 1.54) is 5.01 Å². The number of ether oxygens (including phenoxy) is 1. The third kappa shape index (κ3) is 6.87. The maximum absolute atomic E-state index is 13.3. The number of carbonyl (C=O) groups is 4. The molecule has 2 aromatic rings. The first-order chi connectivity index (χ1) is 19.3. The zero-order valence-electron chi connectivity index (χ0n) is 24.3. The van der Waals surface area contributed by atoms with Gasteiger partial charge in [0, 0.05) is 11.9 Å². The molecule has 1 fully saturated rings. The van der Waals surface area contributed by atoms with E-state index in [4.69, 9.17) is 21.3 Å². The fourth-order valence-electron chi connectivity index (χ4n) is 4.81. The van der Waals surface area contributed by atoms with Crippen molar-refractivity contribution >= 4 is 52.3 Å². The lowest BCUT2D eigenvalue weighted by Gasteiger charge is -2.35. The van der Waals surface area contributed by atoms with E-state index in [9.17, 15) is 19.2 Å². The molecule has 0 aliphatic carbocycles. The summed E-state index contributed by atoms with van der Waals surface area (Å²) in [6.45, 7) is 10.8. The zero-order chi connectivity index (χ0) is 30.1. The molecule has 3 heterocycles. The first kappa shape index (κ1) is 30.5. The van der Waals surface area contributed by atoms with Gasteiger partial charge in [0.05, 0.1) is 21.6 Å². The van der Waals surface area contributed by atoms with Crippen molar-refractivity contribution in [1.82, 2.24) is 26.1 Å². The van der Waals surface area contributed by atoms with Crippen LogP contribution in [0.4, 0.5) is 0 Å². The molecular formula is C30H38ClN5O5. The molecule has 1 aromatic heterocycles. The Morgan fingerprint density at radius 3 is 2.54 bits per heavy atom. The molecule has 1 aromatic carbocycles. The van der Waals surface area contributed by atoms with Gasteiger partial charge < -0.3 is 15.4 Å². The lowest BCUT2D eigenvalue weighted by atomic mass is 9.89. The van der Waals surface area contributed by atoms with Crippen LogP contribution in [0.15, 0.2) is 30.3 Å². The molecule has 0 unspecified atom stereocenters. The minimum Gasteiger partial charge on any atom is -0.455 e. The second-order valence-electron chi connectivity index (χ2n) is 11.7. The number of amides is 3. The van der Waals surface area contributed by atoms with Crippen molar-refractivity contribution in [2.24, 2.45) is 11.3 Å². The van der Waals surface area contributed by atoms with Gasteiger partial charge in [-0.2, -0.15) is 0 Å². The van der Waals surface area contributed by atoms with Crippen molar-refractivity contribution in [1.29, 1.82) is 0 Å². The monoisotopic (exact) mass is 583 g/mol. The van der Waals surface area contributed by atoms with E-state index in [0.29, 0.717) is 35.6 Å². The van der Waals surface area contributed by atoms with Crippen molar-refractivity contribution < 1.29 is 23.9 Å². The largest absolute Gasteiger partial charge is 0.455 e. The number of rotatable bonds is 1. The lowest BCUT2D eigenvalue weighted by Crippen LogP contribution is -2.61. The van der Waals surface area contributed by atoms with Gasteiger partial charge in [0.15, 0.2) is 0 Å². The molecule has 0 spiro atoms. The molecular weight excluding hydrogens is 546 g/mol. The number of fused-ring (bicyclic) bond motifs is 4. The van der Waals surface area contributed by atoms with E-state index >= 15 is 0 Å². The van der Waals surface area contributed by atoms with Crippen LogP contribution < -0.4 is 16.1 Å². The van der Waals surface area contributed by atoms with Crippen LogP contribution >= 0.6 is 11.6 Å². The molecule has 0 radical (unpaired) electrons. The number of hydrogen-bond donors (Lipinski definition) is 3. The highest BCUT2D eigenvalue weighted by atomic mass is 35.5. The Morgan fingerprint density at radius 2 is 1.83 bits per heavy atom.